The summed E-state index contributed by atoms with van der Waals surface area (Å²) in [6.07, 6.45) is 3.61. The molecule has 1 aliphatic heterocycles. The number of hydrogen-bond donors (Lipinski definition) is 1. The molecule has 1 N–H and O–H groups in total. The fourth-order valence-electron chi connectivity index (χ4n) is 5.00. The average molecular weight is 638 g/mol. The van der Waals surface area contributed by atoms with Crippen molar-refractivity contribution in [3.8, 4) is 21.9 Å². The van der Waals surface area contributed by atoms with E-state index in [1.54, 1.807) is 49.4 Å². The van der Waals surface area contributed by atoms with Crippen molar-refractivity contribution < 1.29 is 36.2 Å². The van der Waals surface area contributed by atoms with Crippen molar-refractivity contribution in [2.45, 2.75) is 36.6 Å². The highest BCUT2D eigenvalue weighted by molar-refractivity contribution is 7.92. The number of ketones is 1. The van der Waals surface area contributed by atoms with Gasteiger partial charge < -0.3 is 9.84 Å². The van der Waals surface area contributed by atoms with Gasteiger partial charge in [0.15, 0.2) is 5.78 Å². The van der Waals surface area contributed by atoms with Crippen molar-refractivity contribution in [1.82, 2.24) is 4.90 Å². The van der Waals surface area contributed by atoms with E-state index in [-0.39, 0.29) is 21.2 Å². The van der Waals surface area contributed by atoms with Crippen molar-refractivity contribution in [3.05, 3.63) is 76.3 Å². The number of aromatic hydroxyl groups is 1. The van der Waals surface area contributed by atoms with Gasteiger partial charge in [-0.2, -0.15) is 13.2 Å². The van der Waals surface area contributed by atoms with Crippen LogP contribution in [0.4, 0.5) is 13.2 Å². The van der Waals surface area contributed by atoms with Crippen molar-refractivity contribution in [2.24, 2.45) is 0 Å². The Kier molecular flexibility index (Phi) is 8.58. The van der Waals surface area contributed by atoms with Crippen molar-refractivity contribution in [3.63, 3.8) is 0 Å². The zero-order valence-corrected chi connectivity index (χ0v) is 24.9. The highest BCUT2D eigenvalue weighted by Crippen LogP contribution is 2.46. The quantitative estimate of drug-likeness (QED) is 0.200. The van der Waals surface area contributed by atoms with Gasteiger partial charge in [-0.05, 0) is 92.5 Å². The number of halogens is 4. The molecule has 1 aliphatic rings. The second kappa shape index (κ2) is 11.9. The van der Waals surface area contributed by atoms with Gasteiger partial charge in [0.1, 0.15) is 18.1 Å². The third kappa shape index (κ3) is 6.01. The minimum absolute atomic E-state index is 0.0152. The number of carbonyl (C=O) groups is 1. The van der Waals surface area contributed by atoms with Crippen LogP contribution in [0.5, 0.6) is 11.5 Å². The standard InChI is InChI=1S/C30H27ClF3NO5S2/c1-18-15-20(7-10-23(18)31)29-27(26-24(36)16-22(17-25(26)41-29)42(38,39)30(32,33)34)28(37)19-5-8-21(9-6-19)40-14-13-35-11-3-2-4-12-35/h5-10,15-17,36H,2-4,11-14H2,1H3. The highest BCUT2D eigenvalue weighted by Gasteiger charge is 2.47. The lowest BCUT2D eigenvalue weighted by Crippen LogP contribution is -2.33. The van der Waals surface area contributed by atoms with Gasteiger partial charge in [0.05, 0.1) is 10.5 Å². The van der Waals surface area contributed by atoms with Crippen LogP contribution in [-0.2, 0) is 9.84 Å². The summed E-state index contributed by atoms with van der Waals surface area (Å²) < 4.78 is 70.0. The summed E-state index contributed by atoms with van der Waals surface area (Å²) in [5, 5.41) is 11.3. The van der Waals surface area contributed by atoms with Crippen LogP contribution in [-0.4, -0.2) is 56.0 Å². The van der Waals surface area contributed by atoms with Gasteiger partial charge >= 0.3 is 5.51 Å². The highest BCUT2D eigenvalue weighted by atomic mass is 35.5. The molecule has 4 aromatic rings. The number of carbonyl (C=O) groups excluding carboxylic acids is 1. The Labute approximate surface area is 250 Å². The Morgan fingerprint density at radius 3 is 2.38 bits per heavy atom. The smallest absolute Gasteiger partial charge is 0.501 e. The Bertz CT molecular complexity index is 1750. The lowest BCUT2D eigenvalue weighted by Gasteiger charge is -2.26. The van der Waals surface area contributed by atoms with Gasteiger partial charge in [-0.1, -0.05) is 24.1 Å². The summed E-state index contributed by atoms with van der Waals surface area (Å²) in [5.74, 6) is -0.660. The van der Waals surface area contributed by atoms with E-state index in [1.165, 1.54) is 19.3 Å². The number of benzene rings is 3. The number of thiophene rings is 1. The number of phenols is 1. The minimum atomic E-state index is -5.74. The molecule has 3 aromatic carbocycles. The second-order valence-corrected chi connectivity index (χ2v) is 13.5. The topological polar surface area (TPSA) is 83.9 Å². The molecule has 0 aliphatic carbocycles. The second-order valence-electron chi connectivity index (χ2n) is 10.1. The van der Waals surface area contributed by atoms with Gasteiger partial charge in [0.25, 0.3) is 9.84 Å². The average Bonchev–Trinajstić information content (AvgIpc) is 3.35. The molecular formula is C30H27ClF3NO5S2. The van der Waals surface area contributed by atoms with Crippen LogP contribution in [0.25, 0.3) is 20.5 Å². The van der Waals surface area contributed by atoms with E-state index in [4.69, 9.17) is 16.3 Å². The number of ether oxygens (including phenoxy) is 1. The Morgan fingerprint density at radius 1 is 1.05 bits per heavy atom. The monoisotopic (exact) mass is 637 g/mol. The molecule has 0 amide bonds. The van der Waals surface area contributed by atoms with Crippen molar-refractivity contribution >= 4 is 48.6 Å². The molecule has 1 saturated heterocycles. The number of rotatable bonds is 8. The number of likely N-dealkylation sites (tertiary alicyclic amines) is 1. The largest absolute Gasteiger partial charge is 0.507 e. The first-order valence-corrected chi connectivity index (χ1v) is 15.9. The molecule has 6 nitrogen and oxygen atoms in total. The summed E-state index contributed by atoms with van der Waals surface area (Å²) in [6, 6.07) is 12.9. The maximum Gasteiger partial charge on any atom is 0.501 e. The van der Waals surface area contributed by atoms with E-state index < -0.39 is 31.8 Å². The predicted octanol–water partition coefficient (Wildman–Crippen LogP) is 7.62. The lowest BCUT2D eigenvalue weighted by atomic mass is 9.96. The van der Waals surface area contributed by atoms with E-state index in [2.05, 4.69) is 4.90 Å². The number of hydrogen-bond acceptors (Lipinski definition) is 7. The normalized spacial score (nSPS) is 14.8. The number of phenolic OH excluding ortho intramolecular Hbond substituents is 1. The molecule has 0 spiro atoms. The summed E-state index contributed by atoms with van der Waals surface area (Å²) in [6.45, 7) is 5.17. The molecule has 2 heterocycles. The van der Waals surface area contributed by atoms with Crippen LogP contribution in [0, 0.1) is 6.92 Å². The third-order valence-electron chi connectivity index (χ3n) is 7.25. The summed E-state index contributed by atoms with van der Waals surface area (Å²) in [4.78, 5) is 15.5. The van der Waals surface area contributed by atoms with E-state index in [9.17, 15) is 31.5 Å². The molecule has 0 unspecified atom stereocenters. The molecule has 12 heteroatoms. The maximum absolute atomic E-state index is 13.9. The number of aryl methyl sites for hydroxylation is 1. The Morgan fingerprint density at radius 2 is 1.74 bits per heavy atom. The number of piperidine rings is 1. The number of nitrogens with zero attached hydrogens (tertiary/aromatic N) is 1. The van der Waals surface area contributed by atoms with E-state index in [0.29, 0.717) is 39.4 Å². The third-order valence-corrected chi connectivity index (χ3v) is 10.3. The first-order valence-electron chi connectivity index (χ1n) is 13.2. The van der Waals surface area contributed by atoms with Gasteiger partial charge in [0.2, 0.25) is 0 Å². The molecule has 222 valence electrons. The maximum atomic E-state index is 13.9. The van der Waals surface area contributed by atoms with Crippen LogP contribution in [0.1, 0.15) is 40.7 Å². The molecule has 1 aromatic heterocycles. The first-order chi connectivity index (χ1) is 19.9. The Balaban J connectivity index is 1.53. The van der Waals surface area contributed by atoms with Gasteiger partial charge in [-0.25, -0.2) is 8.42 Å². The van der Waals surface area contributed by atoms with E-state index in [0.717, 1.165) is 37.0 Å². The molecule has 5 rings (SSSR count). The van der Waals surface area contributed by atoms with Crippen LogP contribution in [0.15, 0.2) is 59.5 Å². The number of alkyl halides is 3. The van der Waals surface area contributed by atoms with Crippen LogP contribution in [0.3, 0.4) is 0 Å². The van der Waals surface area contributed by atoms with Crippen LogP contribution < -0.4 is 4.74 Å². The zero-order chi connectivity index (χ0) is 30.2. The molecule has 0 radical (unpaired) electrons. The van der Waals surface area contributed by atoms with Gasteiger partial charge in [0, 0.05) is 32.1 Å². The number of sulfone groups is 1. The fraction of sp³-hybridized carbons (Fsp3) is 0.300. The molecule has 0 saturated carbocycles. The summed E-state index contributed by atoms with van der Waals surface area (Å²) in [7, 11) is -5.74. The minimum Gasteiger partial charge on any atom is -0.507 e. The molecule has 42 heavy (non-hydrogen) atoms. The lowest BCUT2D eigenvalue weighted by molar-refractivity contribution is -0.0436. The van der Waals surface area contributed by atoms with E-state index >= 15 is 0 Å². The van der Waals surface area contributed by atoms with E-state index in [1.807, 2.05) is 0 Å². The van der Waals surface area contributed by atoms with Crippen LogP contribution in [0.2, 0.25) is 5.02 Å². The first kappa shape index (κ1) is 30.3. The fourth-order valence-corrected chi connectivity index (χ4v) is 7.25. The van der Waals surface area contributed by atoms with Crippen molar-refractivity contribution in [2.75, 3.05) is 26.2 Å². The molecular weight excluding hydrogens is 611 g/mol. The molecule has 0 atom stereocenters. The van der Waals surface area contributed by atoms with Gasteiger partial charge in [-0.3, -0.25) is 9.69 Å². The molecule has 1 fully saturated rings. The van der Waals surface area contributed by atoms with Crippen molar-refractivity contribution in [1.29, 1.82) is 0 Å². The Hall–Kier alpha value is -3.12. The summed E-state index contributed by atoms with van der Waals surface area (Å²) >= 11 is 7.10. The van der Waals surface area contributed by atoms with Gasteiger partial charge in [-0.15, -0.1) is 11.3 Å². The molecule has 0 bridgehead atoms. The predicted molar refractivity (Wildman–Crippen MR) is 158 cm³/mol. The SMILES string of the molecule is Cc1cc(-c2sc3cc(S(=O)(=O)C(F)(F)F)cc(O)c3c2C(=O)c2ccc(OCCN3CCCCC3)cc2)ccc1Cl. The summed E-state index contributed by atoms with van der Waals surface area (Å²) in [5.41, 5.74) is -4.02. The van der Waals surface area contributed by atoms with Crippen LogP contribution >= 0.6 is 22.9 Å². The number of fused-ring (bicyclic) bond motifs is 1. The zero-order valence-electron chi connectivity index (χ0n) is 22.5.